The van der Waals surface area contributed by atoms with Gasteiger partial charge in [0.1, 0.15) is 4.88 Å². The lowest BCUT2D eigenvalue weighted by molar-refractivity contribution is 0.0606. The maximum absolute atomic E-state index is 11.0. The molecule has 0 atom stereocenters. The lowest BCUT2D eigenvalue weighted by atomic mass is 10.3. The smallest absolute Gasteiger partial charge is 0.348 e. The van der Waals surface area contributed by atoms with E-state index in [0.29, 0.717) is 4.88 Å². The van der Waals surface area contributed by atoms with E-state index in [2.05, 4.69) is 4.74 Å². The number of carbonyl (C=O) groups is 1. The number of carbonyl (C=O) groups excluding carboxylic acids is 1. The Morgan fingerprint density at radius 3 is 3.00 bits per heavy atom. The number of esters is 1. The van der Waals surface area contributed by atoms with Crippen molar-refractivity contribution in [3.05, 3.63) is 21.9 Å². The van der Waals surface area contributed by atoms with Crippen molar-refractivity contribution in [2.24, 2.45) is 0 Å². The molecule has 4 heteroatoms. The van der Waals surface area contributed by atoms with Gasteiger partial charge in [-0.15, -0.1) is 11.3 Å². The van der Waals surface area contributed by atoms with Crippen LogP contribution in [-0.2, 0) is 11.2 Å². The minimum atomic E-state index is -0.291. The molecule has 1 aromatic rings. The number of thiophene rings is 1. The van der Waals surface area contributed by atoms with Crippen molar-refractivity contribution in [2.45, 2.75) is 12.8 Å². The predicted molar refractivity (Wildman–Crippen MR) is 51.1 cm³/mol. The highest BCUT2D eigenvalue weighted by atomic mass is 32.1. The highest BCUT2D eigenvalue weighted by molar-refractivity contribution is 7.13. The van der Waals surface area contributed by atoms with E-state index in [1.807, 2.05) is 6.07 Å². The standard InChI is InChI=1S/C9H12O3S/c1-12-9(11)8-5-4-7(13-8)3-2-6-10/h4-5,10H,2-3,6H2,1H3. The van der Waals surface area contributed by atoms with Gasteiger partial charge >= 0.3 is 5.97 Å². The van der Waals surface area contributed by atoms with Crippen LogP contribution >= 0.6 is 11.3 Å². The van der Waals surface area contributed by atoms with E-state index in [9.17, 15) is 4.79 Å². The zero-order valence-corrected chi connectivity index (χ0v) is 8.26. The van der Waals surface area contributed by atoms with Gasteiger partial charge in [0.25, 0.3) is 0 Å². The first kappa shape index (κ1) is 10.2. The molecule has 0 spiro atoms. The highest BCUT2D eigenvalue weighted by Crippen LogP contribution is 2.18. The van der Waals surface area contributed by atoms with Gasteiger partial charge in [0.15, 0.2) is 0 Å². The fourth-order valence-electron chi connectivity index (χ4n) is 0.976. The van der Waals surface area contributed by atoms with Gasteiger partial charge in [0, 0.05) is 11.5 Å². The zero-order chi connectivity index (χ0) is 9.68. The molecule has 72 valence electrons. The van der Waals surface area contributed by atoms with E-state index in [4.69, 9.17) is 5.11 Å². The largest absolute Gasteiger partial charge is 0.465 e. The Morgan fingerprint density at radius 2 is 2.38 bits per heavy atom. The van der Waals surface area contributed by atoms with Crippen LogP contribution in [0.15, 0.2) is 12.1 Å². The summed E-state index contributed by atoms with van der Waals surface area (Å²) in [6.45, 7) is 0.186. The molecule has 0 amide bonds. The summed E-state index contributed by atoms with van der Waals surface area (Å²) in [6.07, 6.45) is 1.55. The molecule has 1 N–H and O–H groups in total. The van der Waals surface area contributed by atoms with Gasteiger partial charge in [-0.3, -0.25) is 0 Å². The third-order valence-corrected chi connectivity index (χ3v) is 2.75. The van der Waals surface area contributed by atoms with E-state index in [0.717, 1.165) is 17.7 Å². The summed E-state index contributed by atoms with van der Waals surface area (Å²) in [7, 11) is 1.37. The fraction of sp³-hybridized carbons (Fsp3) is 0.444. The molecular formula is C9H12O3S. The summed E-state index contributed by atoms with van der Waals surface area (Å²) in [5.74, 6) is -0.291. The Bertz CT molecular complexity index is 280. The van der Waals surface area contributed by atoms with E-state index in [1.54, 1.807) is 6.07 Å². The van der Waals surface area contributed by atoms with Crippen LogP contribution in [0.3, 0.4) is 0 Å². The number of hydrogen-bond donors (Lipinski definition) is 1. The summed E-state index contributed by atoms with van der Waals surface area (Å²) in [6, 6.07) is 3.65. The first-order valence-corrected chi connectivity index (χ1v) is 4.87. The third-order valence-electron chi connectivity index (χ3n) is 1.63. The van der Waals surface area contributed by atoms with Gasteiger partial charge < -0.3 is 9.84 Å². The van der Waals surface area contributed by atoms with Crippen LogP contribution in [0.5, 0.6) is 0 Å². The number of aliphatic hydroxyl groups is 1. The average molecular weight is 200 g/mol. The van der Waals surface area contributed by atoms with E-state index < -0.39 is 0 Å². The van der Waals surface area contributed by atoms with Crippen LogP contribution < -0.4 is 0 Å². The van der Waals surface area contributed by atoms with Crippen molar-refractivity contribution in [1.29, 1.82) is 0 Å². The first-order chi connectivity index (χ1) is 6.27. The predicted octanol–water partition coefficient (Wildman–Crippen LogP) is 1.46. The van der Waals surface area contributed by atoms with E-state index in [-0.39, 0.29) is 12.6 Å². The van der Waals surface area contributed by atoms with Crippen molar-refractivity contribution in [3.63, 3.8) is 0 Å². The number of rotatable bonds is 4. The summed E-state index contributed by atoms with van der Waals surface area (Å²) in [5.41, 5.74) is 0. The minimum absolute atomic E-state index is 0.186. The lowest BCUT2D eigenvalue weighted by Crippen LogP contribution is -1.96. The maximum Gasteiger partial charge on any atom is 0.348 e. The molecule has 1 heterocycles. The van der Waals surface area contributed by atoms with Gasteiger partial charge in [0.2, 0.25) is 0 Å². The van der Waals surface area contributed by atoms with Crippen molar-refractivity contribution in [2.75, 3.05) is 13.7 Å². The fourth-order valence-corrected chi connectivity index (χ4v) is 1.94. The molecule has 1 aromatic heterocycles. The second-order valence-electron chi connectivity index (χ2n) is 2.58. The second kappa shape index (κ2) is 4.99. The molecule has 0 saturated heterocycles. The Hall–Kier alpha value is -0.870. The molecule has 1 rings (SSSR count). The normalized spacial score (nSPS) is 10.0. The molecule has 0 radical (unpaired) electrons. The average Bonchev–Trinajstić information content (AvgIpc) is 2.62. The molecule has 0 aliphatic rings. The number of hydrogen-bond acceptors (Lipinski definition) is 4. The molecule has 0 fully saturated rings. The molecule has 3 nitrogen and oxygen atoms in total. The quantitative estimate of drug-likeness (QED) is 0.748. The molecule has 0 saturated carbocycles. The van der Waals surface area contributed by atoms with E-state index in [1.165, 1.54) is 18.4 Å². The zero-order valence-electron chi connectivity index (χ0n) is 7.45. The SMILES string of the molecule is COC(=O)c1ccc(CCCO)s1. The monoisotopic (exact) mass is 200 g/mol. The number of aliphatic hydroxyl groups excluding tert-OH is 1. The number of aryl methyl sites for hydroxylation is 1. The molecule has 0 aliphatic heterocycles. The van der Waals surface area contributed by atoms with Crippen molar-refractivity contribution in [3.8, 4) is 0 Å². The summed E-state index contributed by atoms with van der Waals surface area (Å²) >= 11 is 1.42. The highest BCUT2D eigenvalue weighted by Gasteiger charge is 2.08. The summed E-state index contributed by atoms with van der Waals surface area (Å²) in [5, 5.41) is 8.60. The molecular weight excluding hydrogens is 188 g/mol. The summed E-state index contributed by atoms with van der Waals surface area (Å²) in [4.78, 5) is 12.8. The van der Waals surface area contributed by atoms with Gasteiger partial charge in [-0.2, -0.15) is 0 Å². The van der Waals surface area contributed by atoms with Crippen LogP contribution in [0.1, 0.15) is 21.0 Å². The number of methoxy groups -OCH3 is 1. The van der Waals surface area contributed by atoms with Crippen LogP contribution in [0.4, 0.5) is 0 Å². The molecule has 0 aromatic carbocycles. The topological polar surface area (TPSA) is 46.5 Å². The van der Waals surface area contributed by atoms with Crippen LogP contribution in [0.2, 0.25) is 0 Å². The van der Waals surface area contributed by atoms with Crippen molar-refractivity contribution in [1.82, 2.24) is 0 Å². The molecule has 0 unspecified atom stereocenters. The van der Waals surface area contributed by atoms with Crippen molar-refractivity contribution < 1.29 is 14.6 Å². The van der Waals surface area contributed by atoms with Gasteiger partial charge in [-0.25, -0.2) is 4.79 Å². The first-order valence-electron chi connectivity index (χ1n) is 4.06. The maximum atomic E-state index is 11.0. The second-order valence-corrected chi connectivity index (χ2v) is 3.75. The van der Waals surface area contributed by atoms with Crippen LogP contribution in [-0.4, -0.2) is 24.8 Å². The Morgan fingerprint density at radius 1 is 1.62 bits per heavy atom. The molecule has 0 aliphatic carbocycles. The number of ether oxygens (including phenoxy) is 1. The van der Waals surface area contributed by atoms with Crippen LogP contribution in [0.25, 0.3) is 0 Å². The Labute approximate surface area is 81.0 Å². The van der Waals surface area contributed by atoms with Gasteiger partial charge in [0.05, 0.1) is 7.11 Å². The Balaban J connectivity index is 2.58. The van der Waals surface area contributed by atoms with E-state index >= 15 is 0 Å². The summed E-state index contributed by atoms with van der Waals surface area (Å²) < 4.78 is 4.58. The van der Waals surface area contributed by atoms with Crippen molar-refractivity contribution >= 4 is 17.3 Å². The minimum Gasteiger partial charge on any atom is -0.465 e. The lowest BCUT2D eigenvalue weighted by Gasteiger charge is -1.93. The van der Waals surface area contributed by atoms with Gasteiger partial charge in [-0.05, 0) is 25.0 Å². The van der Waals surface area contributed by atoms with Gasteiger partial charge in [-0.1, -0.05) is 0 Å². The molecule has 0 bridgehead atoms. The van der Waals surface area contributed by atoms with Crippen LogP contribution in [0, 0.1) is 0 Å². The molecule has 13 heavy (non-hydrogen) atoms. The third kappa shape index (κ3) is 2.82. The Kier molecular flexibility index (Phi) is 3.92.